The van der Waals surface area contributed by atoms with Crippen molar-refractivity contribution in [3.63, 3.8) is 0 Å². The highest BCUT2D eigenvalue weighted by atomic mass is 35.5. The van der Waals surface area contributed by atoms with E-state index in [4.69, 9.17) is 16.9 Å². The van der Waals surface area contributed by atoms with Crippen LogP contribution in [0.1, 0.15) is 11.3 Å². The van der Waals surface area contributed by atoms with Gasteiger partial charge in [0.2, 0.25) is 5.91 Å². The highest BCUT2D eigenvalue weighted by molar-refractivity contribution is 7.16. The zero-order valence-corrected chi connectivity index (χ0v) is 9.38. The minimum atomic E-state index is 0.0412. The van der Waals surface area contributed by atoms with Crippen LogP contribution < -0.4 is 4.90 Å². The van der Waals surface area contributed by atoms with Gasteiger partial charge >= 0.3 is 0 Å². The summed E-state index contributed by atoms with van der Waals surface area (Å²) in [5.74, 6) is 0.728. The number of halogens is 1. The van der Waals surface area contributed by atoms with Crippen LogP contribution in [0, 0.1) is 17.2 Å². The third-order valence-electron chi connectivity index (χ3n) is 2.26. The second kappa shape index (κ2) is 4.17. The van der Waals surface area contributed by atoms with Gasteiger partial charge in [0.1, 0.15) is 10.9 Å². The fourth-order valence-electron chi connectivity index (χ4n) is 1.51. The van der Waals surface area contributed by atoms with Gasteiger partial charge in [0.05, 0.1) is 6.20 Å². The van der Waals surface area contributed by atoms with Crippen LogP contribution in [0.2, 0.25) is 0 Å². The number of anilines is 1. The Balaban J connectivity index is 2.18. The first-order valence-corrected chi connectivity index (χ1v) is 5.82. The normalized spacial score (nSPS) is 20.7. The molecular weight excluding hydrogens is 234 g/mol. The van der Waals surface area contributed by atoms with E-state index in [1.807, 2.05) is 6.07 Å². The molecule has 2 heterocycles. The lowest BCUT2D eigenvalue weighted by Gasteiger charge is -2.11. The minimum Gasteiger partial charge on any atom is -0.288 e. The van der Waals surface area contributed by atoms with Crippen LogP contribution >= 0.6 is 22.9 Å². The Hall–Kier alpha value is -1.12. The molecule has 1 saturated heterocycles. The van der Waals surface area contributed by atoms with Gasteiger partial charge in [-0.2, -0.15) is 5.26 Å². The van der Waals surface area contributed by atoms with E-state index in [9.17, 15) is 4.79 Å². The number of amides is 1. The molecule has 0 saturated carbocycles. The summed E-state index contributed by atoms with van der Waals surface area (Å²) in [4.78, 5) is 17.8. The Morgan fingerprint density at radius 2 is 2.60 bits per heavy atom. The molecule has 1 unspecified atom stereocenters. The molecule has 1 aliphatic rings. The molecule has 0 radical (unpaired) electrons. The van der Waals surface area contributed by atoms with Gasteiger partial charge in [-0.3, -0.25) is 9.69 Å². The van der Waals surface area contributed by atoms with Crippen molar-refractivity contribution in [2.75, 3.05) is 17.3 Å². The predicted molar refractivity (Wildman–Crippen MR) is 58.0 cm³/mol. The number of rotatable bonds is 2. The molecule has 15 heavy (non-hydrogen) atoms. The lowest BCUT2D eigenvalue weighted by atomic mass is 10.2. The van der Waals surface area contributed by atoms with E-state index >= 15 is 0 Å². The van der Waals surface area contributed by atoms with Crippen LogP contribution in [0.4, 0.5) is 5.13 Å². The second-order valence-corrected chi connectivity index (χ2v) is 4.67. The van der Waals surface area contributed by atoms with Crippen LogP contribution in [0.5, 0.6) is 0 Å². The summed E-state index contributed by atoms with van der Waals surface area (Å²) in [5.41, 5.74) is 0. The van der Waals surface area contributed by atoms with Gasteiger partial charge in [-0.1, -0.05) is 11.3 Å². The number of aromatic nitrogens is 1. The van der Waals surface area contributed by atoms with E-state index < -0.39 is 0 Å². The molecule has 1 aliphatic heterocycles. The van der Waals surface area contributed by atoms with E-state index in [0.29, 0.717) is 28.9 Å². The summed E-state index contributed by atoms with van der Waals surface area (Å²) < 4.78 is 0. The topological polar surface area (TPSA) is 57.0 Å². The van der Waals surface area contributed by atoms with E-state index in [0.717, 1.165) is 0 Å². The molecule has 0 aromatic carbocycles. The molecule has 1 aromatic rings. The standard InChI is InChI=1S/C9H8ClN3OS/c10-2-6-1-8(14)13(5-6)9-12-4-7(3-11)15-9/h4,6H,1-2,5H2. The molecule has 0 spiro atoms. The zero-order chi connectivity index (χ0) is 10.8. The third kappa shape index (κ3) is 1.96. The van der Waals surface area contributed by atoms with Crippen molar-refractivity contribution in [1.82, 2.24) is 4.98 Å². The number of hydrogen-bond acceptors (Lipinski definition) is 4. The average molecular weight is 242 g/mol. The molecule has 1 atom stereocenters. The maximum absolute atomic E-state index is 11.6. The fraction of sp³-hybridized carbons (Fsp3) is 0.444. The summed E-state index contributed by atoms with van der Waals surface area (Å²) in [5, 5.41) is 9.25. The summed E-state index contributed by atoms with van der Waals surface area (Å²) in [7, 11) is 0. The smallest absolute Gasteiger partial charge is 0.229 e. The van der Waals surface area contributed by atoms with E-state index in [-0.39, 0.29) is 11.8 Å². The van der Waals surface area contributed by atoms with Crippen molar-refractivity contribution in [3.8, 4) is 6.07 Å². The first-order chi connectivity index (χ1) is 7.24. The van der Waals surface area contributed by atoms with E-state index in [1.165, 1.54) is 17.5 Å². The van der Waals surface area contributed by atoms with Crippen LogP contribution in [0.15, 0.2) is 6.20 Å². The Labute approximate surface area is 96.1 Å². The van der Waals surface area contributed by atoms with Gasteiger partial charge in [0, 0.05) is 18.8 Å². The molecular formula is C9H8ClN3OS. The molecule has 2 rings (SSSR count). The van der Waals surface area contributed by atoms with E-state index in [2.05, 4.69) is 4.98 Å². The predicted octanol–water partition coefficient (Wildman–Crippen LogP) is 1.61. The largest absolute Gasteiger partial charge is 0.288 e. The van der Waals surface area contributed by atoms with Crippen molar-refractivity contribution in [1.29, 1.82) is 5.26 Å². The SMILES string of the molecule is N#Cc1cnc(N2CC(CCl)CC2=O)s1. The summed E-state index contributed by atoms with van der Waals surface area (Å²) in [6.45, 7) is 0.612. The first kappa shape index (κ1) is 10.4. The molecule has 78 valence electrons. The maximum Gasteiger partial charge on any atom is 0.229 e. The van der Waals surface area contributed by atoms with Gasteiger partial charge < -0.3 is 0 Å². The Bertz CT molecular complexity index is 425. The number of carbonyl (C=O) groups excluding carboxylic acids is 1. The molecule has 0 aliphatic carbocycles. The van der Waals surface area contributed by atoms with E-state index in [1.54, 1.807) is 4.90 Å². The lowest BCUT2D eigenvalue weighted by Crippen LogP contribution is -2.24. The molecule has 1 aromatic heterocycles. The minimum absolute atomic E-state index is 0.0412. The van der Waals surface area contributed by atoms with Crippen molar-refractivity contribution in [3.05, 3.63) is 11.1 Å². The van der Waals surface area contributed by atoms with Crippen molar-refractivity contribution in [2.24, 2.45) is 5.92 Å². The highest BCUT2D eigenvalue weighted by Crippen LogP contribution is 2.28. The van der Waals surface area contributed by atoms with Crippen molar-refractivity contribution >= 4 is 34.0 Å². The highest BCUT2D eigenvalue weighted by Gasteiger charge is 2.31. The molecule has 0 N–H and O–H groups in total. The number of thiazole rings is 1. The van der Waals surface area contributed by atoms with Gasteiger partial charge in [-0.25, -0.2) is 4.98 Å². The summed E-state index contributed by atoms with van der Waals surface area (Å²) in [6, 6.07) is 2.00. The van der Waals surface area contributed by atoms with Gasteiger partial charge in [0.25, 0.3) is 0 Å². The van der Waals surface area contributed by atoms with Crippen molar-refractivity contribution in [2.45, 2.75) is 6.42 Å². The number of nitrogens with zero attached hydrogens (tertiary/aromatic N) is 3. The quantitative estimate of drug-likeness (QED) is 0.739. The Morgan fingerprint density at radius 3 is 3.13 bits per heavy atom. The number of hydrogen-bond donors (Lipinski definition) is 0. The molecule has 4 nitrogen and oxygen atoms in total. The number of alkyl halides is 1. The fourth-order valence-corrected chi connectivity index (χ4v) is 2.46. The molecule has 1 fully saturated rings. The lowest BCUT2D eigenvalue weighted by molar-refractivity contribution is -0.117. The molecule has 0 bridgehead atoms. The van der Waals surface area contributed by atoms with Crippen molar-refractivity contribution < 1.29 is 4.79 Å². The Kier molecular flexibility index (Phi) is 2.89. The maximum atomic E-state index is 11.6. The summed E-state index contributed by atoms with van der Waals surface area (Å²) in [6.07, 6.45) is 1.96. The van der Waals surface area contributed by atoms with Crippen LogP contribution in [0.25, 0.3) is 0 Å². The zero-order valence-electron chi connectivity index (χ0n) is 7.81. The van der Waals surface area contributed by atoms with Gasteiger partial charge in [-0.05, 0) is 5.92 Å². The average Bonchev–Trinajstić information content (AvgIpc) is 2.83. The summed E-state index contributed by atoms with van der Waals surface area (Å²) >= 11 is 6.95. The van der Waals surface area contributed by atoms with Crippen LogP contribution in [-0.4, -0.2) is 23.3 Å². The van der Waals surface area contributed by atoms with Gasteiger partial charge in [0.15, 0.2) is 5.13 Å². The monoisotopic (exact) mass is 241 g/mol. The molecule has 6 heteroatoms. The van der Waals surface area contributed by atoms with Crippen LogP contribution in [-0.2, 0) is 4.79 Å². The van der Waals surface area contributed by atoms with Gasteiger partial charge in [-0.15, -0.1) is 11.6 Å². The Morgan fingerprint density at radius 1 is 1.80 bits per heavy atom. The number of nitriles is 1. The first-order valence-electron chi connectivity index (χ1n) is 4.47. The van der Waals surface area contributed by atoms with Crippen LogP contribution in [0.3, 0.4) is 0 Å². The second-order valence-electron chi connectivity index (χ2n) is 3.35. The third-order valence-corrected chi connectivity index (χ3v) is 3.62. The number of carbonyl (C=O) groups is 1. The molecule has 1 amide bonds.